The summed E-state index contributed by atoms with van der Waals surface area (Å²) in [6.07, 6.45) is -6.08. The van der Waals surface area contributed by atoms with Gasteiger partial charge in [0.2, 0.25) is 0 Å². The maximum Gasteiger partial charge on any atom is 0.573 e. The van der Waals surface area contributed by atoms with Crippen LogP contribution < -0.4 is 15.0 Å². The highest BCUT2D eigenvalue weighted by molar-refractivity contribution is 5.77. The molecule has 9 heteroatoms. The second kappa shape index (κ2) is 6.03. The number of nitrogens with zero attached hydrogens (tertiary/aromatic N) is 1. The summed E-state index contributed by atoms with van der Waals surface area (Å²) in [5.41, 5.74) is -0.721. The molecule has 1 aliphatic rings. The first-order chi connectivity index (χ1) is 13.1. The van der Waals surface area contributed by atoms with Crippen molar-refractivity contribution in [1.82, 2.24) is 9.78 Å². The van der Waals surface area contributed by atoms with Crippen LogP contribution in [-0.4, -0.2) is 33.0 Å². The molecule has 0 spiro atoms. The van der Waals surface area contributed by atoms with E-state index in [0.717, 1.165) is 12.1 Å². The molecule has 4 rings (SSSR count). The lowest BCUT2D eigenvalue weighted by atomic mass is 9.86. The molecule has 1 aromatic heterocycles. The van der Waals surface area contributed by atoms with Gasteiger partial charge < -0.3 is 14.6 Å². The van der Waals surface area contributed by atoms with Crippen molar-refractivity contribution in [3.8, 4) is 11.5 Å². The maximum atomic E-state index is 12.9. The average Bonchev–Trinajstić information content (AvgIpc) is 2.92. The number of rotatable bonds is 2. The number of nitrogens with one attached hydrogen (secondary N) is 1. The number of alkyl halides is 3. The van der Waals surface area contributed by atoms with E-state index in [1.54, 1.807) is 38.1 Å². The van der Waals surface area contributed by atoms with Crippen molar-refractivity contribution in [2.75, 3.05) is 0 Å². The van der Waals surface area contributed by atoms with Crippen molar-refractivity contribution < 1.29 is 27.8 Å². The van der Waals surface area contributed by atoms with Gasteiger partial charge >= 0.3 is 6.36 Å². The molecule has 28 heavy (non-hydrogen) atoms. The number of halogens is 3. The minimum atomic E-state index is -4.87. The Labute approximate surface area is 157 Å². The van der Waals surface area contributed by atoms with Gasteiger partial charge in [-0.3, -0.25) is 9.89 Å². The van der Waals surface area contributed by atoms with Gasteiger partial charge in [-0.1, -0.05) is 12.1 Å². The summed E-state index contributed by atoms with van der Waals surface area (Å²) in [7, 11) is 0. The minimum Gasteiger partial charge on any atom is -0.485 e. The molecule has 0 aliphatic carbocycles. The van der Waals surface area contributed by atoms with Crippen molar-refractivity contribution in [3.63, 3.8) is 0 Å². The predicted octanol–water partition coefficient (Wildman–Crippen LogP) is 3.35. The molecule has 2 heterocycles. The van der Waals surface area contributed by atoms with Crippen molar-refractivity contribution >= 4 is 10.9 Å². The molecule has 0 saturated heterocycles. The summed E-state index contributed by atoms with van der Waals surface area (Å²) in [4.78, 5) is 12.9. The van der Waals surface area contributed by atoms with Crippen LogP contribution in [0.2, 0.25) is 0 Å². The summed E-state index contributed by atoms with van der Waals surface area (Å²) in [5.74, 6) is -0.198. The fourth-order valence-corrected chi connectivity index (χ4v) is 3.50. The highest BCUT2D eigenvalue weighted by Crippen LogP contribution is 2.43. The molecule has 1 aliphatic heterocycles. The zero-order chi connectivity index (χ0) is 20.3. The van der Waals surface area contributed by atoms with Crippen LogP contribution in [0.5, 0.6) is 11.5 Å². The van der Waals surface area contributed by atoms with Gasteiger partial charge in [0, 0.05) is 5.56 Å². The Bertz CT molecular complexity index is 1100. The Morgan fingerprint density at radius 3 is 2.61 bits per heavy atom. The summed E-state index contributed by atoms with van der Waals surface area (Å²) in [6.45, 7) is 3.28. The van der Waals surface area contributed by atoms with E-state index in [1.807, 2.05) is 0 Å². The molecule has 0 saturated carbocycles. The van der Waals surface area contributed by atoms with Crippen molar-refractivity contribution in [2.45, 2.75) is 38.0 Å². The molecule has 0 fully saturated rings. The fraction of sp³-hybridized carbons (Fsp3) is 0.316. The number of aromatic amines is 1. The first-order valence-corrected chi connectivity index (χ1v) is 8.53. The number of aromatic nitrogens is 2. The van der Waals surface area contributed by atoms with Gasteiger partial charge in [0.05, 0.1) is 10.9 Å². The average molecular weight is 394 g/mol. The lowest BCUT2D eigenvalue weighted by molar-refractivity contribution is -0.274. The number of fused-ring (bicyclic) bond motifs is 2. The third kappa shape index (κ3) is 3.01. The first-order valence-electron chi connectivity index (χ1n) is 8.53. The second-order valence-electron chi connectivity index (χ2n) is 7.18. The topological polar surface area (TPSA) is 76.5 Å². The number of benzene rings is 2. The van der Waals surface area contributed by atoms with E-state index in [1.165, 1.54) is 10.7 Å². The Morgan fingerprint density at radius 2 is 1.93 bits per heavy atom. The molecule has 2 N–H and O–H groups in total. The van der Waals surface area contributed by atoms with Crippen LogP contribution in [0.4, 0.5) is 13.2 Å². The van der Waals surface area contributed by atoms with E-state index in [4.69, 9.17) is 4.74 Å². The molecule has 2 aromatic carbocycles. The summed E-state index contributed by atoms with van der Waals surface area (Å²) in [6, 6.07) is 9.39. The lowest BCUT2D eigenvalue weighted by Crippen LogP contribution is -2.52. The molecule has 0 bridgehead atoms. The van der Waals surface area contributed by atoms with E-state index < -0.39 is 35.4 Å². The smallest absolute Gasteiger partial charge is 0.485 e. The van der Waals surface area contributed by atoms with E-state index in [9.17, 15) is 23.1 Å². The summed E-state index contributed by atoms with van der Waals surface area (Å²) >= 11 is 0. The SMILES string of the molecule is CC1(C)Oc2ccc(OC(F)(F)F)cc2[C@H](n2[nH]c3ccccc3c2=O)[C@H]1O. The standard InChI is InChI=1S/C19H17F3N2O4/c1-18(2)16(25)15(24-17(26)11-5-3-4-6-13(11)23-24)12-9-10(27-19(20,21)22)7-8-14(12)28-18/h3-9,15-16,23,25H,1-2H3/t15-,16+/m0/s1. The summed E-state index contributed by atoms with van der Waals surface area (Å²) in [5, 5.41) is 14.2. The lowest BCUT2D eigenvalue weighted by Gasteiger charge is -2.42. The maximum absolute atomic E-state index is 12.9. The molecule has 0 amide bonds. The first kappa shape index (κ1) is 18.4. The van der Waals surface area contributed by atoms with Crippen LogP contribution in [0.15, 0.2) is 47.3 Å². The largest absolute Gasteiger partial charge is 0.573 e. The number of H-pyrrole nitrogens is 1. The molecular formula is C19H17F3N2O4. The van der Waals surface area contributed by atoms with Gasteiger partial charge in [-0.05, 0) is 44.2 Å². The Kier molecular flexibility index (Phi) is 3.97. The van der Waals surface area contributed by atoms with Crippen LogP contribution in [0.1, 0.15) is 25.5 Å². The van der Waals surface area contributed by atoms with Gasteiger partial charge in [0.15, 0.2) is 0 Å². The van der Waals surface area contributed by atoms with Crippen molar-refractivity contribution in [3.05, 3.63) is 58.4 Å². The molecule has 0 radical (unpaired) electrons. The molecule has 3 aromatic rings. The van der Waals surface area contributed by atoms with Gasteiger partial charge in [-0.15, -0.1) is 13.2 Å². The number of ether oxygens (including phenoxy) is 2. The van der Waals surface area contributed by atoms with Crippen molar-refractivity contribution in [1.29, 1.82) is 0 Å². The quantitative estimate of drug-likeness (QED) is 0.699. The van der Waals surface area contributed by atoms with Crippen LogP contribution in [0.25, 0.3) is 10.9 Å². The Morgan fingerprint density at radius 1 is 1.21 bits per heavy atom. The van der Waals surface area contributed by atoms with Crippen LogP contribution in [0, 0.1) is 0 Å². The zero-order valence-electron chi connectivity index (χ0n) is 14.9. The summed E-state index contributed by atoms with van der Waals surface area (Å²) < 4.78 is 48.9. The molecule has 148 valence electrons. The predicted molar refractivity (Wildman–Crippen MR) is 94.5 cm³/mol. The third-order valence-electron chi connectivity index (χ3n) is 4.81. The van der Waals surface area contributed by atoms with Crippen LogP contribution in [0.3, 0.4) is 0 Å². The highest BCUT2D eigenvalue weighted by Gasteiger charge is 2.45. The Hall–Kier alpha value is -2.94. The zero-order valence-corrected chi connectivity index (χ0v) is 14.9. The number of aliphatic hydroxyl groups is 1. The highest BCUT2D eigenvalue weighted by atomic mass is 19.4. The van der Waals surface area contributed by atoms with Crippen LogP contribution >= 0.6 is 0 Å². The second-order valence-corrected chi connectivity index (χ2v) is 7.18. The number of hydrogen-bond acceptors (Lipinski definition) is 4. The Balaban J connectivity index is 1.91. The molecular weight excluding hydrogens is 377 g/mol. The molecule has 0 unspecified atom stereocenters. The number of para-hydroxylation sites is 1. The number of hydrogen-bond donors (Lipinski definition) is 2. The normalized spacial score (nSPS) is 21.2. The fourth-order valence-electron chi connectivity index (χ4n) is 3.50. The van der Waals surface area contributed by atoms with E-state index >= 15 is 0 Å². The van der Waals surface area contributed by atoms with E-state index in [-0.39, 0.29) is 11.3 Å². The van der Waals surface area contributed by atoms with Gasteiger partial charge in [0.25, 0.3) is 5.56 Å². The van der Waals surface area contributed by atoms with Gasteiger partial charge in [-0.25, -0.2) is 4.68 Å². The molecule has 2 atom stereocenters. The van der Waals surface area contributed by atoms with Crippen LogP contribution in [-0.2, 0) is 0 Å². The van der Waals surface area contributed by atoms with Crippen molar-refractivity contribution in [2.24, 2.45) is 0 Å². The van der Waals surface area contributed by atoms with Gasteiger partial charge in [0.1, 0.15) is 29.2 Å². The van der Waals surface area contributed by atoms with Gasteiger partial charge in [-0.2, -0.15) is 0 Å². The molecule has 6 nitrogen and oxygen atoms in total. The van der Waals surface area contributed by atoms with E-state index in [2.05, 4.69) is 9.84 Å². The third-order valence-corrected chi connectivity index (χ3v) is 4.81. The number of aliphatic hydroxyl groups excluding tert-OH is 1. The monoisotopic (exact) mass is 394 g/mol. The van der Waals surface area contributed by atoms with E-state index in [0.29, 0.717) is 10.9 Å². The minimum absolute atomic E-state index is 0.210.